The molecule has 1 aromatic carbocycles. The van der Waals surface area contributed by atoms with Crippen LogP contribution in [0.25, 0.3) is 0 Å². The van der Waals surface area contributed by atoms with Crippen LogP contribution in [-0.4, -0.2) is 28.4 Å². The normalized spacial score (nSPS) is 24.0. The fourth-order valence-corrected chi connectivity index (χ4v) is 3.15. The van der Waals surface area contributed by atoms with Gasteiger partial charge in [0.25, 0.3) is 0 Å². The number of hydrogen-bond acceptors (Lipinski definition) is 3. The van der Waals surface area contributed by atoms with Crippen LogP contribution in [0.15, 0.2) is 24.3 Å². The summed E-state index contributed by atoms with van der Waals surface area (Å²) in [4.78, 5) is 25.9. The molecule has 0 aromatic heterocycles. The Morgan fingerprint density at radius 1 is 1.10 bits per heavy atom. The highest BCUT2D eigenvalue weighted by Crippen LogP contribution is 2.38. The molecule has 1 aromatic rings. The minimum atomic E-state index is -0.165. The summed E-state index contributed by atoms with van der Waals surface area (Å²) in [6.45, 7) is 0.180. The second-order valence-electron chi connectivity index (χ2n) is 5.63. The molecule has 4 heteroatoms. The van der Waals surface area contributed by atoms with Gasteiger partial charge in [0.15, 0.2) is 0 Å². The highest BCUT2D eigenvalue weighted by molar-refractivity contribution is 6.00. The van der Waals surface area contributed by atoms with Crippen LogP contribution >= 0.6 is 0 Å². The number of carbonyl (C=O) groups excluding carboxylic acids is 2. The minimum absolute atomic E-state index is 0.0158. The Bertz CT molecular complexity index is 602. The van der Waals surface area contributed by atoms with Crippen LogP contribution in [0, 0.1) is 23.7 Å². The zero-order valence-electron chi connectivity index (χ0n) is 11.7. The van der Waals surface area contributed by atoms with Gasteiger partial charge in [-0.15, -0.1) is 0 Å². The Kier molecular flexibility index (Phi) is 3.76. The van der Waals surface area contributed by atoms with Crippen molar-refractivity contribution in [1.29, 1.82) is 0 Å². The van der Waals surface area contributed by atoms with Gasteiger partial charge in [0.2, 0.25) is 11.8 Å². The number of likely N-dealkylation sites (tertiary alicyclic amines) is 1. The third-order valence-corrected chi connectivity index (χ3v) is 4.27. The van der Waals surface area contributed by atoms with E-state index < -0.39 is 0 Å². The van der Waals surface area contributed by atoms with Crippen molar-refractivity contribution in [2.75, 3.05) is 6.61 Å². The molecule has 4 nitrogen and oxygen atoms in total. The van der Waals surface area contributed by atoms with Gasteiger partial charge in [-0.05, 0) is 37.0 Å². The molecule has 3 rings (SSSR count). The Hall–Kier alpha value is -2.12. The summed E-state index contributed by atoms with van der Waals surface area (Å²) in [6.07, 6.45) is 2.44. The van der Waals surface area contributed by atoms with E-state index in [4.69, 9.17) is 5.11 Å². The van der Waals surface area contributed by atoms with Crippen molar-refractivity contribution < 1.29 is 14.7 Å². The molecule has 2 atom stereocenters. The molecular formula is C17H17NO3. The van der Waals surface area contributed by atoms with Crippen molar-refractivity contribution in [3.63, 3.8) is 0 Å². The number of nitrogens with zero attached hydrogens (tertiary/aromatic N) is 1. The van der Waals surface area contributed by atoms with Gasteiger partial charge in [0, 0.05) is 17.4 Å². The lowest BCUT2D eigenvalue weighted by atomic mass is 9.96. The zero-order chi connectivity index (χ0) is 14.8. The molecule has 2 aliphatic rings. The van der Waals surface area contributed by atoms with Gasteiger partial charge >= 0.3 is 0 Å². The topological polar surface area (TPSA) is 57.6 Å². The van der Waals surface area contributed by atoms with Gasteiger partial charge in [-0.3, -0.25) is 14.5 Å². The molecule has 2 unspecified atom stereocenters. The SMILES string of the molecule is O=C1C2CCC(C2)C(=O)N1Cc1ccc(C#CCO)cc1. The number of hydrogen-bond donors (Lipinski definition) is 1. The maximum Gasteiger partial charge on any atom is 0.232 e. The summed E-state index contributed by atoms with van der Waals surface area (Å²) in [7, 11) is 0. The number of benzene rings is 1. The van der Waals surface area contributed by atoms with Crippen LogP contribution in [0.5, 0.6) is 0 Å². The molecule has 1 heterocycles. The van der Waals surface area contributed by atoms with E-state index in [0.717, 1.165) is 30.4 Å². The van der Waals surface area contributed by atoms with Crippen molar-refractivity contribution >= 4 is 11.8 Å². The first-order chi connectivity index (χ1) is 10.2. The summed E-state index contributed by atoms with van der Waals surface area (Å²) in [5.41, 5.74) is 1.73. The van der Waals surface area contributed by atoms with E-state index in [0.29, 0.717) is 6.54 Å². The lowest BCUT2D eigenvalue weighted by molar-refractivity contribution is -0.153. The standard InChI is InChI=1S/C17H17NO3/c19-9-1-2-12-3-5-13(6-4-12)11-18-16(20)14-7-8-15(10-14)17(18)21/h3-6,14-15,19H,7-11H2. The van der Waals surface area contributed by atoms with Crippen molar-refractivity contribution in [2.24, 2.45) is 11.8 Å². The van der Waals surface area contributed by atoms with Gasteiger partial charge in [-0.25, -0.2) is 0 Å². The van der Waals surface area contributed by atoms with Crippen molar-refractivity contribution in [3.05, 3.63) is 35.4 Å². The minimum Gasteiger partial charge on any atom is -0.384 e. The van der Waals surface area contributed by atoms with Crippen LogP contribution < -0.4 is 0 Å². The van der Waals surface area contributed by atoms with E-state index in [1.54, 1.807) is 0 Å². The molecule has 2 amide bonds. The third-order valence-electron chi connectivity index (χ3n) is 4.27. The number of aliphatic hydroxyl groups excluding tert-OH is 1. The number of aliphatic hydroxyl groups is 1. The maximum absolute atomic E-state index is 12.3. The number of piperidine rings is 1. The largest absolute Gasteiger partial charge is 0.384 e. The first-order valence-corrected chi connectivity index (χ1v) is 7.23. The second kappa shape index (κ2) is 5.71. The fourth-order valence-electron chi connectivity index (χ4n) is 3.15. The highest BCUT2D eigenvalue weighted by atomic mass is 16.2. The summed E-state index contributed by atoms with van der Waals surface area (Å²) in [5.74, 6) is 5.46. The molecule has 0 radical (unpaired) electrons. The molecule has 2 fully saturated rings. The summed E-state index contributed by atoms with van der Waals surface area (Å²) in [6, 6.07) is 7.42. The van der Waals surface area contributed by atoms with Crippen LogP contribution in [0.3, 0.4) is 0 Å². The van der Waals surface area contributed by atoms with Gasteiger partial charge < -0.3 is 5.11 Å². The average molecular weight is 283 g/mol. The van der Waals surface area contributed by atoms with E-state index in [1.807, 2.05) is 24.3 Å². The van der Waals surface area contributed by atoms with Crippen LogP contribution in [-0.2, 0) is 16.1 Å². The zero-order valence-corrected chi connectivity index (χ0v) is 11.7. The van der Waals surface area contributed by atoms with Crippen LogP contribution in [0.1, 0.15) is 30.4 Å². The second-order valence-corrected chi connectivity index (χ2v) is 5.63. The van der Waals surface area contributed by atoms with Crippen molar-refractivity contribution in [1.82, 2.24) is 4.90 Å². The van der Waals surface area contributed by atoms with E-state index >= 15 is 0 Å². The molecular weight excluding hydrogens is 266 g/mol. The monoisotopic (exact) mass is 283 g/mol. The van der Waals surface area contributed by atoms with E-state index in [2.05, 4.69) is 11.8 Å². The predicted octanol–water partition coefficient (Wildman–Crippen LogP) is 1.32. The first kappa shape index (κ1) is 13.8. The average Bonchev–Trinajstić information content (AvgIpc) is 2.96. The number of fused-ring (bicyclic) bond motifs is 2. The van der Waals surface area contributed by atoms with Crippen LogP contribution in [0.2, 0.25) is 0 Å². The summed E-state index contributed by atoms with van der Waals surface area (Å²) in [5, 5.41) is 8.66. The van der Waals surface area contributed by atoms with Crippen molar-refractivity contribution in [3.8, 4) is 11.8 Å². The van der Waals surface area contributed by atoms with Gasteiger partial charge in [-0.2, -0.15) is 0 Å². The number of amides is 2. The van der Waals surface area contributed by atoms with Gasteiger partial charge in [-0.1, -0.05) is 24.0 Å². The van der Waals surface area contributed by atoms with E-state index in [-0.39, 0.29) is 30.3 Å². The van der Waals surface area contributed by atoms with Crippen molar-refractivity contribution in [2.45, 2.75) is 25.8 Å². The quantitative estimate of drug-likeness (QED) is 0.658. The molecule has 1 N–H and O–H groups in total. The Morgan fingerprint density at radius 3 is 2.29 bits per heavy atom. The molecule has 1 saturated heterocycles. The first-order valence-electron chi connectivity index (χ1n) is 7.23. The number of carbonyl (C=O) groups is 2. The Labute approximate surface area is 123 Å². The molecule has 2 bridgehead atoms. The fraction of sp³-hybridized carbons (Fsp3) is 0.412. The summed E-state index contributed by atoms with van der Waals surface area (Å²) < 4.78 is 0. The lowest BCUT2D eigenvalue weighted by Gasteiger charge is -2.29. The molecule has 1 aliphatic heterocycles. The number of imide groups is 1. The maximum atomic E-state index is 12.3. The molecule has 21 heavy (non-hydrogen) atoms. The number of rotatable bonds is 2. The lowest BCUT2D eigenvalue weighted by Crippen LogP contribution is -2.45. The van der Waals surface area contributed by atoms with Crippen LogP contribution in [0.4, 0.5) is 0 Å². The summed E-state index contributed by atoms with van der Waals surface area (Å²) >= 11 is 0. The third kappa shape index (κ3) is 2.70. The highest BCUT2D eigenvalue weighted by Gasteiger charge is 2.44. The molecule has 108 valence electrons. The Balaban J connectivity index is 1.74. The van der Waals surface area contributed by atoms with Gasteiger partial charge in [0.1, 0.15) is 6.61 Å². The van der Waals surface area contributed by atoms with Gasteiger partial charge in [0.05, 0.1) is 6.54 Å². The molecule has 1 saturated carbocycles. The smallest absolute Gasteiger partial charge is 0.232 e. The Morgan fingerprint density at radius 2 is 1.71 bits per heavy atom. The van der Waals surface area contributed by atoms with E-state index in [1.165, 1.54) is 4.90 Å². The van der Waals surface area contributed by atoms with E-state index in [9.17, 15) is 9.59 Å². The molecule has 1 aliphatic carbocycles. The predicted molar refractivity (Wildman–Crippen MR) is 76.8 cm³/mol. The molecule has 0 spiro atoms.